The van der Waals surface area contributed by atoms with Gasteiger partial charge in [-0.05, 0) is 33.0 Å². The normalized spacial score (nSPS) is 11.4. The number of nitrogens with zero attached hydrogens (tertiary/aromatic N) is 2. The van der Waals surface area contributed by atoms with Crippen LogP contribution >= 0.6 is 0 Å². The molecule has 0 aliphatic carbocycles. The highest BCUT2D eigenvalue weighted by molar-refractivity contribution is 5.87. The van der Waals surface area contributed by atoms with E-state index >= 15 is 0 Å². The van der Waals surface area contributed by atoms with Crippen LogP contribution in [0.4, 0.5) is 0 Å². The summed E-state index contributed by atoms with van der Waals surface area (Å²) in [6.07, 6.45) is 11.2. The van der Waals surface area contributed by atoms with E-state index in [1.165, 1.54) is 32.1 Å². The van der Waals surface area contributed by atoms with Crippen LogP contribution in [0.5, 0.6) is 0 Å². The lowest BCUT2D eigenvalue weighted by molar-refractivity contribution is -0.124. The van der Waals surface area contributed by atoms with Gasteiger partial charge >= 0.3 is 0 Å². The van der Waals surface area contributed by atoms with Crippen molar-refractivity contribution in [3.05, 3.63) is 12.2 Å². The molecule has 0 aromatic rings. The molecule has 18 heavy (non-hydrogen) atoms. The summed E-state index contributed by atoms with van der Waals surface area (Å²) in [6, 6.07) is 0. The first-order chi connectivity index (χ1) is 8.57. The summed E-state index contributed by atoms with van der Waals surface area (Å²) >= 11 is 0. The highest BCUT2D eigenvalue weighted by atomic mass is 16.2. The Morgan fingerprint density at radius 3 is 2.28 bits per heavy atom. The Balaban J connectivity index is 3.60. The van der Waals surface area contributed by atoms with E-state index in [1.54, 1.807) is 11.0 Å². The van der Waals surface area contributed by atoms with Crippen molar-refractivity contribution < 1.29 is 4.79 Å². The first-order valence-corrected chi connectivity index (χ1v) is 7.14. The molecular formula is C15H30N2O. The number of amides is 1. The summed E-state index contributed by atoms with van der Waals surface area (Å²) in [4.78, 5) is 15.6. The van der Waals surface area contributed by atoms with Gasteiger partial charge in [0.05, 0.1) is 0 Å². The molecule has 3 heteroatoms. The maximum absolute atomic E-state index is 11.7. The molecule has 0 aliphatic heterocycles. The van der Waals surface area contributed by atoms with E-state index in [0.717, 1.165) is 19.5 Å². The summed E-state index contributed by atoms with van der Waals surface area (Å²) in [6.45, 7) is 3.92. The van der Waals surface area contributed by atoms with Gasteiger partial charge < -0.3 is 9.80 Å². The second-order valence-corrected chi connectivity index (χ2v) is 5.17. The van der Waals surface area contributed by atoms with E-state index in [0.29, 0.717) is 0 Å². The fourth-order valence-electron chi connectivity index (χ4n) is 1.64. The number of allylic oxidation sites excluding steroid dienone is 1. The average molecular weight is 254 g/mol. The van der Waals surface area contributed by atoms with Crippen LogP contribution in [0.1, 0.15) is 45.4 Å². The Labute approximate surface area is 113 Å². The van der Waals surface area contributed by atoms with Crippen LogP contribution in [0.25, 0.3) is 0 Å². The molecular weight excluding hydrogens is 224 g/mol. The third kappa shape index (κ3) is 10.3. The zero-order valence-electron chi connectivity index (χ0n) is 12.6. The standard InChI is InChI=1S/C15H30N2O/c1-5-6-7-8-9-10-11-12-15(18)17(4)14-13-16(2)3/h11-12H,5-10,13-14H2,1-4H3/b12-11+. The van der Waals surface area contributed by atoms with Crippen LogP contribution < -0.4 is 0 Å². The van der Waals surface area contributed by atoms with Crippen molar-refractivity contribution in [3.8, 4) is 0 Å². The van der Waals surface area contributed by atoms with Gasteiger partial charge in [-0.2, -0.15) is 0 Å². The molecule has 1 amide bonds. The fourth-order valence-corrected chi connectivity index (χ4v) is 1.64. The van der Waals surface area contributed by atoms with Gasteiger partial charge in [0, 0.05) is 20.1 Å². The minimum atomic E-state index is 0.116. The molecule has 0 heterocycles. The summed E-state index contributed by atoms with van der Waals surface area (Å²) < 4.78 is 0. The fraction of sp³-hybridized carbons (Fsp3) is 0.800. The lowest BCUT2D eigenvalue weighted by atomic mass is 10.1. The van der Waals surface area contributed by atoms with Gasteiger partial charge in [0.1, 0.15) is 0 Å². The molecule has 0 unspecified atom stereocenters. The summed E-state index contributed by atoms with van der Waals surface area (Å²) in [5, 5.41) is 0. The summed E-state index contributed by atoms with van der Waals surface area (Å²) in [7, 11) is 5.90. The Bertz CT molecular complexity index is 237. The zero-order chi connectivity index (χ0) is 13.8. The smallest absolute Gasteiger partial charge is 0.246 e. The molecule has 0 radical (unpaired) electrons. The first-order valence-electron chi connectivity index (χ1n) is 7.14. The van der Waals surface area contributed by atoms with Gasteiger partial charge in [-0.15, -0.1) is 0 Å². The molecule has 0 N–H and O–H groups in total. The maximum Gasteiger partial charge on any atom is 0.246 e. The predicted octanol–water partition coefficient (Wildman–Crippen LogP) is 2.92. The SMILES string of the molecule is CCCCCCC/C=C/C(=O)N(C)CCN(C)C. The van der Waals surface area contributed by atoms with Gasteiger partial charge in [-0.3, -0.25) is 4.79 Å². The Morgan fingerprint density at radius 2 is 1.67 bits per heavy atom. The minimum Gasteiger partial charge on any atom is -0.341 e. The molecule has 0 rings (SSSR count). The molecule has 0 bridgehead atoms. The molecule has 0 spiro atoms. The summed E-state index contributed by atoms with van der Waals surface area (Å²) in [5.41, 5.74) is 0. The number of hydrogen-bond donors (Lipinski definition) is 0. The third-order valence-electron chi connectivity index (χ3n) is 2.99. The van der Waals surface area contributed by atoms with Crippen molar-refractivity contribution >= 4 is 5.91 Å². The highest BCUT2D eigenvalue weighted by Crippen LogP contribution is 2.05. The van der Waals surface area contributed by atoms with Crippen LogP contribution in [0.15, 0.2) is 12.2 Å². The van der Waals surface area contributed by atoms with Crippen LogP contribution in [-0.4, -0.2) is 49.9 Å². The van der Waals surface area contributed by atoms with Crippen molar-refractivity contribution in [2.75, 3.05) is 34.2 Å². The first kappa shape index (κ1) is 17.2. The molecule has 0 atom stereocenters. The number of carbonyl (C=O) groups excluding carboxylic acids is 1. The molecule has 106 valence electrons. The van der Waals surface area contributed by atoms with Crippen molar-refractivity contribution in [1.82, 2.24) is 9.80 Å². The van der Waals surface area contributed by atoms with E-state index in [2.05, 4.69) is 11.8 Å². The van der Waals surface area contributed by atoms with Crippen molar-refractivity contribution in [1.29, 1.82) is 0 Å². The maximum atomic E-state index is 11.7. The second kappa shape index (κ2) is 11.3. The van der Waals surface area contributed by atoms with Gasteiger partial charge in [-0.1, -0.05) is 38.7 Å². The van der Waals surface area contributed by atoms with Crippen LogP contribution in [0.2, 0.25) is 0 Å². The number of likely N-dealkylation sites (N-methyl/N-ethyl adjacent to an activating group) is 2. The number of carbonyl (C=O) groups is 1. The molecule has 0 aliphatic rings. The van der Waals surface area contributed by atoms with E-state index < -0.39 is 0 Å². The van der Waals surface area contributed by atoms with Crippen molar-refractivity contribution in [2.24, 2.45) is 0 Å². The van der Waals surface area contributed by atoms with E-state index in [4.69, 9.17) is 0 Å². The topological polar surface area (TPSA) is 23.6 Å². The minimum absolute atomic E-state index is 0.116. The van der Waals surface area contributed by atoms with Gasteiger partial charge in [0.15, 0.2) is 0 Å². The number of rotatable bonds is 10. The molecule has 0 saturated heterocycles. The highest BCUT2D eigenvalue weighted by Gasteiger charge is 2.03. The number of hydrogen-bond acceptors (Lipinski definition) is 2. The van der Waals surface area contributed by atoms with E-state index in [9.17, 15) is 4.79 Å². The molecule has 3 nitrogen and oxygen atoms in total. The van der Waals surface area contributed by atoms with Crippen molar-refractivity contribution in [3.63, 3.8) is 0 Å². The van der Waals surface area contributed by atoms with Gasteiger partial charge in [0.2, 0.25) is 5.91 Å². The zero-order valence-corrected chi connectivity index (χ0v) is 12.6. The second-order valence-electron chi connectivity index (χ2n) is 5.17. The Hall–Kier alpha value is -0.830. The predicted molar refractivity (Wildman–Crippen MR) is 78.7 cm³/mol. The lowest BCUT2D eigenvalue weighted by Crippen LogP contribution is -2.32. The quantitative estimate of drug-likeness (QED) is 0.442. The average Bonchev–Trinajstić information content (AvgIpc) is 2.34. The Morgan fingerprint density at radius 1 is 1.00 bits per heavy atom. The van der Waals surface area contributed by atoms with Crippen LogP contribution in [0, 0.1) is 0 Å². The monoisotopic (exact) mass is 254 g/mol. The molecule has 0 aromatic carbocycles. The van der Waals surface area contributed by atoms with Crippen LogP contribution in [0.3, 0.4) is 0 Å². The largest absolute Gasteiger partial charge is 0.341 e. The molecule has 0 saturated carbocycles. The molecule has 0 aromatic heterocycles. The summed E-state index contributed by atoms with van der Waals surface area (Å²) in [5.74, 6) is 0.116. The van der Waals surface area contributed by atoms with Crippen molar-refractivity contribution in [2.45, 2.75) is 45.4 Å². The Kier molecular flexibility index (Phi) is 10.8. The molecule has 0 fully saturated rings. The van der Waals surface area contributed by atoms with E-state index in [1.807, 2.05) is 27.2 Å². The number of unbranched alkanes of at least 4 members (excludes halogenated alkanes) is 5. The van der Waals surface area contributed by atoms with Gasteiger partial charge in [0.25, 0.3) is 0 Å². The van der Waals surface area contributed by atoms with Crippen LogP contribution in [-0.2, 0) is 4.79 Å². The van der Waals surface area contributed by atoms with E-state index in [-0.39, 0.29) is 5.91 Å². The lowest BCUT2D eigenvalue weighted by Gasteiger charge is -2.17. The third-order valence-corrected chi connectivity index (χ3v) is 2.99. The van der Waals surface area contributed by atoms with Gasteiger partial charge in [-0.25, -0.2) is 0 Å².